The Morgan fingerprint density at radius 3 is 2.47 bits per heavy atom. The summed E-state index contributed by atoms with van der Waals surface area (Å²) in [4.78, 5) is 22.0. The second-order valence-electron chi connectivity index (χ2n) is 4.00. The van der Waals surface area contributed by atoms with Crippen molar-refractivity contribution in [3.8, 4) is 0 Å². The SMILES string of the molecule is Cc1c(C=O)c(C(=O)O)n(C2CC2)c1C. The van der Waals surface area contributed by atoms with E-state index in [1.54, 1.807) is 11.5 Å². The molecule has 4 nitrogen and oxygen atoms in total. The van der Waals surface area contributed by atoms with Crippen LogP contribution in [0.15, 0.2) is 0 Å². The topological polar surface area (TPSA) is 59.3 Å². The first-order valence-electron chi connectivity index (χ1n) is 4.97. The van der Waals surface area contributed by atoms with E-state index in [1.807, 2.05) is 6.92 Å². The zero-order valence-corrected chi connectivity index (χ0v) is 8.78. The largest absolute Gasteiger partial charge is 0.477 e. The van der Waals surface area contributed by atoms with E-state index in [1.165, 1.54) is 0 Å². The average Bonchev–Trinajstić information content (AvgIpc) is 2.96. The van der Waals surface area contributed by atoms with Crippen LogP contribution in [-0.2, 0) is 0 Å². The molecule has 2 rings (SSSR count). The van der Waals surface area contributed by atoms with Crippen LogP contribution in [0.5, 0.6) is 0 Å². The number of rotatable bonds is 3. The zero-order chi connectivity index (χ0) is 11.2. The van der Waals surface area contributed by atoms with Gasteiger partial charge in [-0.1, -0.05) is 0 Å². The summed E-state index contributed by atoms with van der Waals surface area (Å²) in [6, 6.07) is 0.281. The lowest BCUT2D eigenvalue weighted by Gasteiger charge is -2.06. The van der Waals surface area contributed by atoms with Gasteiger partial charge in [-0.15, -0.1) is 0 Å². The Labute approximate surface area is 87.5 Å². The van der Waals surface area contributed by atoms with Gasteiger partial charge in [-0.25, -0.2) is 4.79 Å². The molecule has 0 saturated heterocycles. The standard InChI is InChI=1S/C11H13NO3/c1-6-7(2)12(8-3-4-8)10(11(14)15)9(6)5-13/h5,8H,3-4H2,1-2H3,(H,14,15). The van der Waals surface area contributed by atoms with Gasteiger partial charge < -0.3 is 9.67 Å². The van der Waals surface area contributed by atoms with E-state index in [9.17, 15) is 9.59 Å². The Bertz CT molecular complexity index is 441. The minimum absolute atomic E-state index is 0.155. The number of aromatic carboxylic acids is 1. The molecule has 1 fully saturated rings. The maximum absolute atomic E-state index is 11.1. The van der Waals surface area contributed by atoms with Crippen LogP contribution in [0.25, 0.3) is 0 Å². The quantitative estimate of drug-likeness (QED) is 0.770. The van der Waals surface area contributed by atoms with E-state index in [2.05, 4.69) is 0 Å². The van der Waals surface area contributed by atoms with Crippen LogP contribution in [0.1, 0.15) is 51.0 Å². The summed E-state index contributed by atoms with van der Waals surface area (Å²) in [6.07, 6.45) is 2.66. The highest BCUT2D eigenvalue weighted by Crippen LogP contribution is 2.39. The fourth-order valence-electron chi connectivity index (χ4n) is 2.00. The summed E-state index contributed by atoms with van der Waals surface area (Å²) in [5.74, 6) is -1.01. The molecule has 4 heteroatoms. The number of aromatic nitrogens is 1. The summed E-state index contributed by atoms with van der Waals surface area (Å²) in [7, 11) is 0. The highest BCUT2D eigenvalue weighted by atomic mass is 16.4. The molecule has 1 aromatic heterocycles. The number of carboxylic acids is 1. The molecule has 0 bridgehead atoms. The van der Waals surface area contributed by atoms with Gasteiger partial charge in [0.15, 0.2) is 6.29 Å². The van der Waals surface area contributed by atoms with Crippen LogP contribution >= 0.6 is 0 Å². The third kappa shape index (κ3) is 1.37. The first-order valence-corrected chi connectivity index (χ1v) is 4.97. The van der Waals surface area contributed by atoms with Crippen molar-refractivity contribution < 1.29 is 14.7 Å². The number of aldehydes is 1. The molecule has 0 amide bonds. The van der Waals surface area contributed by atoms with Gasteiger partial charge >= 0.3 is 5.97 Å². The van der Waals surface area contributed by atoms with E-state index < -0.39 is 5.97 Å². The number of carbonyl (C=O) groups excluding carboxylic acids is 1. The summed E-state index contributed by atoms with van der Waals surface area (Å²) in [5, 5.41) is 9.11. The molecule has 0 radical (unpaired) electrons. The maximum Gasteiger partial charge on any atom is 0.353 e. The minimum atomic E-state index is -1.01. The number of nitrogens with zero attached hydrogens (tertiary/aromatic N) is 1. The lowest BCUT2D eigenvalue weighted by atomic mass is 10.1. The smallest absolute Gasteiger partial charge is 0.353 e. The fourth-order valence-corrected chi connectivity index (χ4v) is 2.00. The molecule has 80 valence electrons. The van der Waals surface area contributed by atoms with Crippen LogP contribution in [0.2, 0.25) is 0 Å². The van der Waals surface area contributed by atoms with Gasteiger partial charge in [0.05, 0.1) is 5.56 Å². The minimum Gasteiger partial charge on any atom is -0.477 e. The van der Waals surface area contributed by atoms with Gasteiger partial charge in [0, 0.05) is 11.7 Å². The van der Waals surface area contributed by atoms with Gasteiger partial charge in [-0.05, 0) is 32.3 Å². The third-order valence-electron chi connectivity index (χ3n) is 3.04. The Morgan fingerprint density at radius 2 is 2.07 bits per heavy atom. The molecule has 0 unspecified atom stereocenters. The molecule has 1 aliphatic carbocycles. The summed E-state index contributed by atoms with van der Waals surface area (Å²) < 4.78 is 1.79. The van der Waals surface area contributed by atoms with E-state index in [0.29, 0.717) is 11.8 Å². The van der Waals surface area contributed by atoms with Crippen molar-refractivity contribution in [1.29, 1.82) is 0 Å². The van der Waals surface area contributed by atoms with Crippen LogP contribution < -0.4 is 0 Å². The molecule has 1 aromatic rings. The molecule has 1 aliphatic rings. The molecule has 15 heavy (non-hydrogen) atoms. The highest BCUT2D eigenvalue weighted by molar-refractivity contribution is 5.97. The van der Waals surface area contributed by atoms with Crippen molar-refractivity contribution in [3.05, 3.63) is 22.5 Å². The average molecular weight is 207 g/mol. The number of carboxylic acid groups (broad SMARTS) is 1. The van der Waals surface area contributed by atoms with Crippen molar-refractivity contribution in [2.24, 2.45) is 0 Å². The maximum atomic E-state index is 11.1. The van der Waals surface area contributed by atoms with Crippen LogP contribution in [0, 0.1) is 13.8 Å². The molecular weight excluding hydrogens is 194 g/mol. The van der Waals surface area contributed by atoms with E-state index in [0.717, 1.165) is 24.1 Å². The van der Waals surface area contributed by atoms with Crippen molar-refractivity contribution in [1.82, 2.24) is 4.57 Å². The number of hydrogen-bond donors (Lipinski definition) is 1. The Hall–Kier alpha value is -1.58. The van der Waals surface area contributed by atoms with Crippen LogP contribution in [0.3, 0.4) is 0 Å². The Balaban J connectivity index is 2.70. The monoisotopic (exact) mass is 207 g/mol. The predicted molar refractivity (Wildman–Crippen MR) is 54.5 cm³/mol. The second kappa shape index (κ2) is 3.22. The van der Waals surface area contributed by atoms with Gasteiger partial charge in [0.2, 0.25) is 0 Å². The second-order valence-corrected chi connectivity index (χ2v) is 4.00. The van der Waals surface area contributed by atoms with Crippen molar-refractivity contribution in [2.75, 3.05) is 0 Å². The molecule has 0 spiro atoms. The zero-order valence-electron chi connectivity index (χ0n) is 8.78. The fraction of sp³-hybridized carbons (Fsp3) is 0.455. The van der Waals surface area contributed by atoms with Crippen molar-refractivity contribution >= 4 is 12.3 Å². The third-order valence-corrected chi connectivity index (χ3v) is 3.04. The first kappa shape index (κ1) is 9.96. The number of carbonyl (C=O) groups is 2. The van der Waals surface area contributed by atoms with Gasteiger partial charge in [0.1, 0.15) is 5.69 Å². The molecule has 0 aliphatic heterocycles. The summed E-state index contributed by atoms with van der Waals surface area (Å²) >= 11 is 0. The van der Waals surface area contributed by atoms with Gasteiger partial charge in [0.25, 0.3) is 0 Å². The molecule has 1 heterocycles. The first-order chi connectivity index (χ1) is 7.07. The van der Waals surface area contributed by atoms with E-state index in [-0.39, 0.29) is 11.7 Å². The lowest BCUT2D eigenvalue weighted by Crippen LogP contribution is -2.10. The Morgan fingerprint density at radius 1 is 1.47 bits per heavy atom. The molecule has 1 saturated carbocycles. The Kier molecular flexibility index (Phi) is 2.14. The van der Waals surface area contributed by atoms with Crippen LogP contribution in [-0.4, -0.2) is 21.9 Å². The van der Waals surface area contributed by atoms with E-state index in [4.69, 9.17) is 5.11 Å². The van der Waals surface area contributed by atoms with Crippen molar-refractivity contribution in [2.45, 2.75) is 32.7 Å². The van der Waals surface area contributed by atoms with Gasteiger partial charge in [-0.2, -0.15) is 0 Å². The number of hydrogen-bond acceptors (Lipinski definition) is 2. The van der Waals surface area contributed by atoms with Gasteiger partial charge in [-0.3, -0.25) is 4.79 Å². The van der Waals surface area contributed by atoms with Crippen molar-refractivity contribution in [3.63, 3.8) is 0 Å². The predicted octanol–water partition coefficient (Wildman–Crippen LogP) is 1.95. The summed E-state index contributed by atoms with van der Waals surface area (Å²) in [5.41, 5.74) is 2.17. The highest BCUT2D eigenvalue weighted by Gasteiger charge is 2.32. The van der Waals surface area contributed by atoms with E-state index >= 15 is 0 Å². The summed E-state index contributed by atoms with van der Waals surface area (Å²) in [6.45, 7) is 3.66. The molecular formula is C11H13NO3. The molecule has 1 N–H and O–H groups in total. The van der Waals surface area contributed by atoms with Crippen LogP contribution in [0.4, 0.5) is 0 Å². The normalized spacial score (nSPS) is 15.3. The lowest BCUT2D eigenvalue weighted by molar-refractivity contribution is 0.0681. The molecule has 0 aromatic carbocycles. The molecule has 0 atom stereocenters.